The van der Waals surface area contributed by atoms with Crippen LogP contribution >= 0.6 is 0 Å². The molecule has 2 aromatic carbocycles. The van der Waals surface area contributed by atoms with Gasteiger partial charge in [0.1, 0.15) is 5.76 Å². The Morgan fingerprint density at radius 1 is 1.03 bits per heavy atom. The number of carbonyl (C=O) groups is 2. The summed E-state index contributed by atoms with van der Waals surface area (Å²) in [5.74, 6) is 1.07. The Morgan fingerprint density at radius 3 is 2.55 bits per heavy atom. The molecule has 1 aromatic heterocycles. The summed E-state index contributed by atoms with van der Waals surface area (Å²) in [5, 5.41) is 5.53. The minimum absolute atomic E-state index is 0.268. The molecular formula is C22H22N2O5. The van der Waals surface area contributed by atoms with Crippen LogP contribution in [-0.4, -0.2) is 25.0 Å². The zero-order chi connectivity index (χ0) is 20.6. The Morgan fingerprint density at radius 2 is 1.83 bits per heavy atom. The number of nitrogens with one attached hydrogen (secondary N) is 2. The summed E-state index contributed by atoms with van der Waals surface area (Å²) in [6, 6.07) is 17.3. The summed E-state index contributed by atoms with van der Waals surface area (Å²) in [6.45, 7) is 1.92. The summed E-state index contributed by atoms with van der Waals surface area (Å²) in [5.41, 5.74) is 0.920. The average Bonchev–Trinajstić information content (AvgIpc) is 3.26. The van der Waals surface area contributed by atoms with E-state index in [0.717, 1.165) is 0 Å². The molecule has 0 spiro atoms. The Hall–Kier alpha value is -3.74. The number of ether oxygens (including phenoxy) is 2. The van der Waals surface area contributed by atoms with Crippen molar-refractivity contribution in [1.29, 1.82) is 0 Å². The van der Waals surface area contributed by atoms with E-state index >= 15 is 0 Å². The first-order valence-corrected chi connectivity index (χ1v) is 9.08. The van der Waals surface area contributed by atoms with E-state index in [1.165, 1.54) is 7.11 Å². The van der Waals surface area contributed by atoms with Crippen molar-refractivity contribution in [2.75, 3.05) is 12.4 Å². The van der Waals surface area contributed by atoms with Crippen molar-refractivity contribution >= 4 is 17.5 Å². The fourth-order valence-electron chi connectivity index (χ4n) is 2.62. The zero-order valence-corrected chi connectivity index (χ0v) is 16.2. The molecule has 0 saturated heterocycles. The van der Waals surface area contributed by atoms with Crippen LogP contribution in [0.5, 0.6) is 11.5 Å². The molecule has 0 fully saturated rings. The number of para-hydroxylation sites is 2. The van der Waals surface area contributed by atoms with E-state index in [0.29, 0.717) is 28.5 Å². The Kier molecular flexibility index (Phi) is 6.52. The molecule has 0 aliphatic heterocycles. The predicted octanol–water partition coefficient (Wildman–Crippen LogP) is 3.62. The maximum atomic E-state index is 12.5. The average molecular weight is 394 g/mol. The van der Waals surface area contributed by atoms with Gasteiger partial charge in [-0.1, -0.05) is 18.2 Å². The topological polar surface area (TPSA) is 89.8 Å². The lowest BCUT2D eigenvalue weighted by Crippen LogP contribution is -2.30. The number of anilines is 1. The lowest BCUT2D eigenvalue weighted by Gasteiger charge is -2.17. The molecule has 7 heteroatoms. The number of benzene rings is 2. The number of rotatable bonds is 8. The highest BCUT2D eigenvalue weighted by atomic mass is 16.5. The maximum Gasteiger partial charge on any atom is 0.265 e. The summed E-state index contributed by atoms with van der Waals surface area (Å²) in [6.07, 6.45) is 0.786. The van der Waals surface area contributed by atoms with E-state index in [2.05, 4.69) is 10.6 Å². The summed E-state index contributed by atoms with van der Waals surface area (Å²) >= 11 is 0. The first kappa shape index (κ1) is 20.0. The van der Waals surface area contributed by atoms with Crippen molar-refractivity contribution in [1.82, 2.24) is 5.32 Å². The lowest BCUT2D eigenvalue weighted by molar-refractivity contribution is -0.122. The van der Waals surface area contributed by atoms with E-state index < -0.39 is 6.10 Å². The highest BCUT2D eigenvalue weighted by Gasteiger charge is 2.17. The summed E-state index contributed by atoms with van der Waals surface area (Å²) in [7, 11) is 1.54. The van der Waals surface area contributed by atoms with Crippen LogP contribution in [0, 0.1) is 0 Å². The molecule has 0 saturated carbocycles. The molecule has 29 heavy (non-hydrogen) atoms. The number of hydrogen-bond acceptors (Lipinski definition) is 5. The van der Waals surface area contributed by atoms with Crippen molar-refractivity contribution in [2.24, 2.45) is 0 Å². The second-order valence-corrected chi connectivity index (χ2v) is 6.24. The van der Waals surface area contributed by atoms with Crippen LogP contribution in [0.15, 0.2) is 71.3 Å². The minimum Gasteiger partial charge on any atom is -0.493 e. The normalized spacial score (nSPS) is 11.4. The highest BCUT2D eigenvalue weighted by Crippen LogP contribution is 2.27. The second-order valence-electron chi connectivity index (χ2n) is 6.24. The quantitative estimate of drug-likeness (QED) is 0.609. The molecule has 1 unspecified atom stereocenters. The molecule has 150 valence electrons. The maximum absolute atomic E-state index is 12.5. The van der Waals surface area contributed by atoms with Crippen LogP contribution in [0.2, 0.25) is 0 Å². The monoisotopic (exact) mass is 394 g/mol. The molecule has 1 heterocycles. The van der Waals surface area contributed by atoms with E-state index in [1.54, 1.807) is 67.8 Å². The molecule has 2 amide bonds. The van der Waals surface area contributed by atoms with Gasteiger partial charge in [0, 0.05) is 11.3 Å². The SMILES string of the molecule is COc1ccccc1OC(C)C(=O)Nc1cccc(C(=O)NCc2ccco2)c1. The third-order valence-corrected chi connectivity index (χ3v) is 4.14. The largest absolute Gasteiger partial charge is 0.493 e. The third kappa shape index (κ3) is 5.38. The van der Waals surface area contributed by atoms with Gasteiger partial charge >= 0.3 is 0 Å². The van der Waals surface area contributed by atoms with Gasteiger partial charge in [0.05, 0.1) is 19.9 Å². The van der Waals surface area contributed by atoms with Crippen LogP contribution in [0.1, 0.15) is 23.0 Å². The van der Waals surface area contributed by atoms with Gasteiger partial charge in [-0.05, 0) is 49.4 Å². The molecule has 2 N–H and O–H groups in total. The first-order chi connectivity index (χ1) is 14.1. The Bertz CT molecular complexity index is 969. The lowest BCUT2D eigenvalue weighted by atomic mass is 10.2. The minimum atomic E-state index is -0.761. The van der Waals surface area contributed by atoms with Gasteiger partial charge in [-0.15, -0.1) is 0 Å². The molecular weight excluding hydrogens is 372 g/mol. The van der Waals surface area contributed by atoms with Crippen molar-refractivity contribution in [3.63, 3.8) is 0 Å². The van der Waals surface area contributed by atoms with Crippen LogP contribution in [0.25, 0.3) is 0 Å². The van der Waals surface area contributed by atoms with Crippen LogP contribution in [-0.2, 0) is 11.3 Å². The van der Waals surface area contributed by atoms with Crippen molar-refractivity contribution in [3.05, 3.63) is 78.3 Å². The van der Waals surface area contributed by atoms with Gasteiger partial charge in [0.2, 0.25) is 0 Å². The second kappa shape index (κ2) is 9.45. The van der Waals surface area contributed by atoms with Crippen LogP contribution in [0.3, 0.4) is 0 Å². The third-order valence-electron chi connectivity index (χ3n) is 4.14. The van der Waals surface area contributed by atoms with E-state index in [1.807, 2.05) is 6.07 Å². The fraction of sp³-hybridized carbons (Fsp3) is 0.182. The van der Waals surface area contributed by atoms with Crippen molar-refractivity contribution < 1.29 is 23.5 Å². The molecule has 0 radical (unpaired) electrons. The molecule has 0 aliphatic rings. The molecule has 1 atom stereocenters. The first-order valence-electron chi connectivity index (χ1n) is 9.08. The summed E-state index contributed by atoms with van der Waals surface area (Å²) in [4.78, 5) is 24.8. The highest BCUT2D eigenvalue weighted by molar-refractivity contribution is 5.98. The molecule has 3 rings (SSSR count). The van der Waals surface area contributed by atoms with Crippen LogP contribution in [0.4, 0.5) is 5.69 Å². The van der Waals surface area contributed by atoms with Crippen molar-refractivity contribution in [2.45, 2.75) is 19.6 Å². The van der Waals surface area contributed by atoms with E-state index in [4.69, 9.17) is 13.9 Å². The van der Waals surface area contributed by atoms with Gasteiger partial charge in [-0.3, -0.25) is 9.59 Å². The van der Waals surface area contributed by atoms with Crippen LogP contribution < -0.4 is 20.1 Å². The Labute approximate surface area is 168 Å². The van der Waals surface area contributed by atoms with Gasteiger partial charge in [0.15, 0.2) is 17.6 Å². The Balaban J connectivity index is 1.60. The smallest absolute Gasteiger partial charge is 0.265 e. The molecule has 0 bridgehead atoms. The van der Waals surface area contributed by atoms with E-state index in [9.17, 15) is 9.59 Å². The molecule has 3 aromatic rings. The molecule has 7 nitrogen and oxygen atoms in total. The number of methoxy groups -OCH3 is 1. The number of carbonyl (C=O) groups excluding carboxylic acids is 2. The van der Waals surface area contributed by atoms with Gasteiger partial charge in [0.25, 0.3) is 11.8 Å². The number of furan rings is 1. The fourth-order valence-corrected chi connectivity index (χ4v) is 2.62. The van der Waals surface area contributed by atoms with Gasteiger partial charge in [-0.25, -0.2) is 0 Å². The zero-order valence-electron chi connectivity index (χ0n) is 16.2. The van der Waals surface area contributed by atoms with E-state index in [-0.39, 0.29) is 18.4 Å². The summed E-state index contributed by atoms with van der Waals surface area (Å²) < 4.78 is 16.1. The van der Waals surface area contributed by atoms with Crippen molar-refractivity contribution in [3.8, 4) is 11.5 Å². The standard InChI is InChI=1S/C22H22N2O5/c1-15(29-20-11-4-3-10-19(20)27-2)21(25)24-17-8-5-7-16(13-17)22(26)23-14-18-9-6-12-28-18/h3-13,15H,14H2,1-2H3,(H,23,26)(H,24,25). The number of amides is 2. The predicted molar refractivity (Wildman–Crippen MR) is 108 cm³/mol. The number of hydrogen-bond donors (Lipinski definition) is 2. The van der Waals surface area contributed by atoms with Gasteiger partial charge < -0.3 is 24.5 Å². The molecule has 0 aliphatic carbocycles. The van der Waals surface area contributed by atoms with Gasteiger partial charge in [-0.2, -0.15) is 0 Å².